The van der Waals surface area contributed by atoms with Crippen molar-refractivity contribution in [1.29, 1.82) is 10.8 Å². The highest BCUT2D eigenvalue weighted by molar-refractivity contribution is 6.00. The van der Waals surface area contributed by atoms with E-state index in [2.05, 4.69) is 35.4 Å². The minimum absolute atomic E-state index is 0.0277. The van der Waals surface area contributed by atoms with Gasteiger partial charge in [-0.15, -0.1) is 0 Å². The van der Waals surface area contributed by atoms with Gasteiger partial charge in [-0.1, -0.05) is 60.7 Å². The van der Waals surface area contributed by atoms with Crippen LogP contribution in [-0.4, -0.2) is 47.7 Å². The molecule has 6 N–H and O–H groups in total. The first-order valence-electron chi connectivity index (χ1n) is 12.5. The monoisotopic (exact) mass is 512 g/mol. The lowest BCUT2D eigenvalue weighted by Crippen LogP contribution is -2.43. The molecule has 1 amide bonds. The van der Waals surface area contributed by atoms with Crippen LogP contribution < -0.4 is 15.8 Å². The average Bonchev–Trinajstić information content (AvgIpc) is 3.35. The van der Waals surface area contributed by atoms with Crippen LogP contribution in [0, 0.1) is 17.7 Å². The fraction of sp³-hybridized carbons (Fsp3) is 0.233. The van der Waals surface area contributed by atoms with Crippen molar-refractivity contribution in [3.05, 3.63) is 102 Å². The van der Waals surface area contributed by atoms with Crippen LogP contribution in [0.15, 0.2) is 85.1 Å². The van der Waals surface area contributed by atoms with E-state index in [1.54, 1.807) is 12.0 Å². The van der Waals surface area contributed by atoms with Crippen LogP contribution in [0.3, 0.4) is 0 Å². The number of aryl methyl sites for hydroxylation is 2. The number of ether oxygens (including phenoxy) is 1. The first-order chi connectivity index (χ1) is 18.4. The maximum atomic E-state index is 11.4. The van der Waals surface area contributed by atoms with E-state index in [1.807, 2.05) is 66.9 Å². The van der Waals surface area contributed by atoms with Crippen LogP contribution >= 0.6 is 0 Å². The number of nitrogens with two attached hydrogens (primary N) is 1. The van der Waals surface area contributed by atoms with Crippen molar-refractivity contribution in [2.75, 3.05) is 20.2 Å². The Morgan fingerprint density at radius 1 is 0.947 bits per heavy atom. The summed E-state index contributed by atoms with van der Waals surface area (Å²) in [4.78, 5) is 16.2. The summed E-state index contributed by atoms with van der Waals surface area (Å²) in [7, 11) is 1.61. The van der Waals surface area contributed by atoms with Gasteiger partial charge in [-0.2, -0.15) is 0 Å². The maximum Gasteiger partial charge on any atom is 0.234 e. The lowest BCUT2D eigenvalue weighted by atomic mass is 10.1. The van der Waals surface area contributed by atoms with E-state index in [1.165, 1.54) is 16.5 Å². The van der Waals surface area contributed by atoms with Gasteiger partial charge in [0.2, 0.25) is 5.91 Å². The summed E-state index contributed by atoms with van der Waals surface area (Å²) >= 11 is 0. The Kier molecular flexibility index (Phi) is 10.6. The number of para-hydroxylation sites is 1. The van der Waals surface area contributed by atoms with Crippen LogP contribution in [0.2, 0.25) is 0 Å². The quantitative estimate of drug-likeness (QED) is 0.165. The lowest BCUT2D eigenvalue weighted by Gasteiger charge is -2.26. The minimum Gasteiger partial charge on any atom is -0.497 e. The maximum absolute atomic E-state index is 11.4. The number of nitrogens with zero attached hydrogens (tertiary/aromatic N) is 1. The number of carbonyl (C=O) groups excluding carboxylic acids is 1. The normalized spacial score (nSPS) is 10.3. The van der Waals surface area contributed by atoms with Gasteiger partial charge in [-0.05, 0) is 48.2 Å². The third-order valence-electron chi connectivity index (χ3n) is 6.08. The van der Waals surface area contributed by atoms with E-state index >= 15 is 0 Å². The first kappa shape index (κ1) is 28.1. The van der Waals surface area contributed by atoms with Gasteiger partial charge in [-0.3, -0.25) is 15.6 Å². The summed E-state index contributed by atoms with van der Waals surface area (Å²) in [5.74, 6) is 0.895. The second-order valence-electron chi connectivity index (χ2n) is 8.81. The molecular weight excluding hydrogens is 476 g/mol. The zero-order valence-electron chi connectivity index (χ0n) is 22.0. The zero-order chi connectivity index (χ0) is 27.3. The number of amides is 1. The molecule has 1 heterocycles. The number of aromatic amines is 1. The lowest BCUT2D eigenvalue weighted by molar-refractivity contribution is -0.119. The number of hydrogen-bond donors (Lipinski definition) is 5. The molecule has 0 atom stereocenters. The van der Waals surface area contributed by atoms with Crippen LogP contribution in [0.5, 0.6) is 5.75 Å². The van der Waals surface area contributed by atoms with Gasteiger partial charge in [0.15, 0.2) is 0 Å². The van der Waals surface area contributed by atoms with E-state index in [-0.39, 0.29) is 24.8 Å². The molecule has 4 rings (SSSR count). The minimum atomic E-state index is -0.329. The zero-order valence-corrected chi connectivity index (χ0v) is 22.0. The summed E-state index contributed by atoms with van der Waals surface area (Å²) in [6, 6.07) is 25.8. The summed E-state index contributed by atoms with van der Waals surface area (Å²) in [6.07, 6.45) is 3.24. The molecule has 0 spiro atoms. The fourth-order valence-corrected chi connectivity index (χ4v) is 3.88. The topological polar surface area (TPSA) is 131 Å². The molecule has 1 aromatic heterocycles. The molecule has 4 aromatic rings. The van der Waals surface area contributed by atoms with Gasteiger partial charge in [-0.25, -0.2) is 0 Å². The molecule has 0 aliphatic heterocycles. The molecule has 0 saturated carbocycles. The SMILES string of the molecule is COc1ccc(CN(C(=N)CCc2ccccc2)C(=N)CNC(=O)CN)cc1.Cc1c[nH]c2ccccc12. The Morgan fingerprint density at radius 2 is 1.63 bits per heavy atom. The molecule has 0 aliphatic carbocycles. The molecule has 0 radical (unpaired) electrons. The van der Waals surface area contributed by atoms with Crippen LogP contribution in [-0.2, 0) is 17.8 Å². The number of benzene rings is 3. The molecule has 0 aliphatic rings. The molecular formula is C30H36N6O2. The predicted octanol–water partition coefficient (Wildman–Crippen LogP) is 4.64. The van der Waals surface area contributed by atoms with Crippen molar-refractivity contribution in [2.45, 2.75) is 26.3 Å². The number of H-pyrrole nitrogens is 1. The number of carbonyl (C=O) groups is 1. The van der Waals surface area contributed by atoms with Crippen molar-refractivity contribution < 1.29 is 9.53 Å². The summed E-state index contributed by atoms with van der Waals surface area (Å²) in [5.41, 5.74) is 9.93. The van der Waals surface area contributed by atoms with Gasteiger partial charge in [0.05, 0.1) is 26.7 Å². The Hall–Kier alpha value is -4.43. The van der Waals surface area contributed by atoms with E-state index < -0.39 is 0 Å². The van der Waals surface area contributed by atoms with E-state index in [4.69, 9.17) is 21.3 Å². The third kappa shape index (κ3) is 8.31. The second-order valence-corrected chi connectivity index (χ2v) is 8.81. The average molecular weight is 513 g/mol. The molecule has 8 heteroatoms. The van der Waals surface area contributed by atoms with E-state index in [0.717, 1.165) is 16.9 Å². The summed E-state index contributed by atoms with van der Waals surface area (Å²) in [6.45, 7) is 2.38. The second kappa shape index (κ2) is 14.3. The third-order valence-corrected chi connectivity index (χ3v) is 6.08. The Labute approximate surface area is 223 Å². The Morgan fingerprint density at radius 3 is 2.29 bits per heavy atom. The highest BCUT2D eigenvalue weighted by atomic mass is 16.5. The summed E-state index contributed by atoms with van der Waals surface area (Å²) in [5, 5.41) is 20.8. The van der Waals surface area contributed by atoms with Gasteiger partial charge in [0.1, 0.15) is 17.4 Å². The van der Waals surface area contributed by atoms with Gasteiger partial charge < -0.3 is 25.7 Å². The van der Waals surface area contributed by atoms with Crippen molar-refractivity contribution in [1.82, 2.24) is 15.2 Å². The van der Waals surface area contributed by atoms with Gasteiger partial charge in [0, 0.05) is 23.5 Å². The van der Waals surface area contributed by atoms with Crippen LogP contribution in [0.4, 0.5) is 0 Å². The number of hydrogen-bond acceptors (Lipinski definition) is 5. The number of rotatable bonds is 9. The largest absolute Gasteiger partial charge is 0.497 e. The van der Waals surface area contributed by atoms with Crippen LogP contribution in [0.1, 0.15) is 23.1 Å². The van der Waals surface area contributed by atoms with E-state index in [9.17, 15) is 4.79 Å². The molecule has 0 saturated heterocycles. The Bertz CT molecular complexity index is 1330. The van der Waals surface area contributed by atoms with Crippen molar-refractivity contribution in [2.24, 2.45) is 5.73 Å². The number of nitrogens with one attached hydrogen (secondary N) is 4. The Balaban J connectivity index is 0.000000329. The standard InChI is InChI=1S/C21H27N5O2.C9H9N/c1-28-18-10-7-17(8-11-18)15-26(20(24)14-25-21(27)13-22)19(23)12-9-16-5-3-2-4-6-16;1-7-6-10-9-5-3-2-4-8(7)9/h2-8,10-11,23-24H,9,12-15,22H2,1H3,(H,25,27);2-6,10H,1H3. The smallest absolute Gasteiger partial charge is 0.234 e. The first-order valence-corrected chi connectivity index (χ1v) is 12.5. The van der Waals surface area contributed by atoms with E-state index in [0.29, 0.717) is 25.2 Å². The molecule has 8 nitrogen and oxygen atoms in total. The predicted molar refractivity (Wildman–Crippen MR) is 154 cm³/mol. The number of methoxy groups -OCH3 is 1. The number of fused-ring (bicyclic) bond motifs is 1. The van der Waals surface area contributed by atoms with Gasteiger partial charge >= 0.3 is 0 Å². The number of amidine groups is 2. The van der Waals surface area contributed by atoms with Crippen molar-refractivity contribution >= 4 is 28.5 Å². The molecule has 198 valence electrons. The molecule has 38 heavy (non-hydrogen) atoms. The molecule has 3 aromatic carbocycles. The molecule has 0 bridgehead atoms. The van der Waals surface area contributed by atoms with Crippen molar-refractivity contribution in [3.63, 3.8) is 0 Å². The highest BCUT2D eigenvalue weighted by Gasteiger charge is 2.16. The van der Waals surface area contributed by atoms with Gasteiger partial charge in [0.25, 0.3) is 0 Å². The molecule has 0 unspecified atom stereocenters. The van der Waals surface area contributed by atoms with Crippen LogP contribution in [0.25, 0.3) is 10.9 Å². The fourth-order valence-electron chi connectivity index (χ4n) is 3.88. The molecule has 0 fully saturated rings. The highest BCUT2D eigenvalue weighted by Crippen LogP contribution is 2.16. The van der Waals surface area contributed by atoms with Crippen molar-refractivity contribution in [3.8, 4) is 5.75 Å². The number of aromatic nitrogens is 1. The summed E-state index contributed by atoms with van der Waals surface area (Å²) < 4.78 is 5.18.